The van der Waals surface area contributed by atoms with E-state index in [4.69, 9.17) is 9.98 Å². The van der Waals surface area contributed by atoms with Gasteiger partial charge in [-0.15, -0.1) is 0 Å². The molecular weight excluding hydrogens is 368 g/mol. The number of nitrogens with one attached hydrogen (secondary N) is 1. The molecule has 0 bridgehead atoms. The molecule has 0 spiro atoms. The van der Waals surface area contributed by atoms with Crippen molar-refractivity contribution in [2.45, 2.75) is 6.17 Å². The van der Waals surface area contributed by atoms with E-state index in [1.165, 1.54) is 0 Å². The summed E-state index contributed by atoms with van der Waals surface area (Å²) >= 11 is 0. The zero-order valence-corrected chi connectivity index (χ0v) is 16.3. The van der Waals surface area contributed by atoms with Crippen LogP contribution in [0.2, 0.25) is 0 Å². The Morgan fingerprint density at radius 2 is 1.10 bits per heavy atom. The lowest BCUT2D eigenvalue weighted by Gasteiger charge is -2.22. The Morgan fingerprint density at radius 3 is 1.73 bits per heavy atom. The van der Waals surface area contributed by atoms with Crippen LogP contribution in [0.4, 0.5) is 0 Å². The number of hydrogen-bond acceptors (Lipinski definition) is 4. The van der Waals surface area contributed by atoms with Crippen molar-refractivity contribution in [3.63, 3.8) is 0 Å². The topological polar surface area (TPSA) is 49.6 Å². The smallest absolute Gasteiger partial charge is 0.169 e. The van der Waals surface area contributed by atoms with Crippen LogP contribution in [0.3, 0.4) is 0 Å². The van der Waals surface area contributed by atoms with Crippen molar-refractivity contribution in [3.05, 3.63) is 126 Å². The van der Waals surface area contributed by atoms with E-state index in [9.17, 15) is 0 Å². The van der Waals surface area contributed by atoms with Crippen molar-refractivity contribution in [2.75, 3.05) is 0 Å². The van der Waals surface area contributed by atoms with E-state index in [0.717, 1.165) is 39.5 Å². The molecule has 1 N–H and O–H groups in total. The molecule has 1 aliphatic rings. The Hall–Kier alpha value is -4.05. The second-order valence-corrected chi connectivity index (χ2v) is 7.05. The average molecular weight is 388 g/mol. The lowest BCUT2D eigenvalue weighted by atomic mass is 10.0. The van der Waals surface area contributed by atoms with Gasteiger partial charge in [0.2, 0.25) is 0 Å². The van der Waals surface area contributed by atoms with Gasteiger partial charge in [-0.1, -0.05) is 91.0 Å². The molecule has 4 heteroatoms. The van der Waals surface area contributed by atoms with Gasteiger partial charge in [-0.25, -0.2) is 9.98 Å². The number of amidine groups is 2. The minimum absolute atomic E-state index is 0.282. The third kappa shape index (κ3) is 3.76. The molecule has 144 valence electrons. The Morgan fingerprint density at radius 1 is 0.533 bits per heavy atom. The monoisotopic (exact) mass is 388 g/mol. The summed E-state index contributed by atoms with van der Waals surface area (Å²) in [5.41, 5.74) is 5.35. The summed E-state index contributed by atoms with van der Waals surface area (Å²) in [5, 5.41) is 3.43. The summed E-state index contributed by atoms with van der Waals surface area (Å²) in [5.74, 6) is 1.64. The number of benzene rings is 3. The number of hydrogen-bond donors (Lipinski definition) is 1. The number of rotatable bonds is 4. The summed E-state index contributed by atoms with van der Waals surface area (Å²) in [7, 11) is 0. The fourth-order valence-electron chi connectivity index (χ4n) is 3.47. The van der Waals surface area contributed by atoms with Crippen molar-refractivity contribution in [1.29, 1.82) is 0 Å². The lowest BCUT2D eigenvalue weighted by Crippen LogP contribution is -2.36. The first-order chi connectivity index (χ1) is 14.9. The second-order valence-electron chi connectivity index (χ2n) is 7.05. The van der Waals surface area contributed by atoms with Crippen molar-refractivity contribution in [3.8, 4) is 11.1 Å². The molecule has 0 saturated carbocycles. The lowest BCUT2D eigenvalue weighted by molar-refractivity contribution is 0.756. The Labute approximate surface area is 175 Å². The highest BCUT2D eigenvalue weighted by atomic mass is 15.2. The zero-order chi connectivity index (χ0) is 20.2. The van der Waals surface area contributed by atoms with Crippen LogP contribution in [-0.2, 0) is 0 Å². The maximum atomic E-state index is 4.91. The molecule has 1 aliphatic heterocycles. The van der Waals surface area contributed by atoms with Gasteiger partial charge < -0.3 is 5.32 Å². The highest BCUT2D eigenvalue weighted by Crippen LogP contribution is 2.25. The first kappa shape index (κ1) is 18.0. The number of nitrogens with zero attached hydrogens (tertiary/aromatic N) is 3. The molecule has 1 unspecified atom stereocenters. The van der Waals surface area contributed by atoms with Crippen LogP contribution < -0.4 is 5.32 Å². The highest BCUT2D eigenvalue weighted by Gasteiger charge is 2.20. The van der Waals surface area contributed by atoms with Crippen LogP contribution in [0.1, 0.15) is 22.9 Å². The van der Waals surface area contributed by atoms with Crippen LogP contribution in [0.15, 0.2) is 119 Å². The summed E-state index contributed by atoms with van der Waals surface area (Å²) in [4.78, 5) is 14.0. The number of pyridine rings is 1. The van der Waals surface area contributed by atoms with Gasteiger partial charge in [0.25, 0.3) is 0 Å². The fourth-order valence-corrected chi connectivity index (χ4v) is 3.47. The van der Waals surface area contributed by atoms with Crippen LogP contribution >= 0.6 is 0 Å². The molecule has 4 nitrogen and oxygen atoms in total. The molecule has 0 aliphatic carbocycles. The van der Waals surface area contributed by atoms with Gasteiger partial charge >= 0.3 is 0 Å². The Balaban J connectivity index is 1.51. The molecule has 0 amide bonds. The van der Waals surface area contributed by atoms with E-state index in [0.29, 0.717) is 0 Å². The minimum Gasteiger partial charge on any atom is -0.324 e. The summed E-state index contributed by atoms with van der Waals surface area (Å²) in [6.07, 6.45) is 3.37. The third-order valence-electron chi connectivity index (χ3n) is 5.04. The van der Waals surface area contributed by atoms with Gasteiger partial charge in [0.15, 0.2) is 6.17 Å². The Bertz CT molecular complexity index is 1180. The molecule has 3 aromatic carbocycles. The SMILES string of the molecule is c1ccc(C2=NC(c3ccccc3)N=C(c3ccc(-c4cccnc4)cc3)N2)cc1. The van der Waals surface area contributed by atoms with Gasteiger partial charge in [-0.2, -0.15) is 0 Å². The number of aromatic nitrogens is 1. The first-order valence-corrected chi connectivity index (χ1v) is 9.91. The molecule has 1 atom stereocenters. The Kier molecular flexibility index (Phi) is 4.88. The largest absolute Gasteiger partial charge is 0.324 e. The summed E-state index contributed by atoms with van der Waals surface area (Å²) < 4.78 is 0. The van der Waals surface area contributed by atoms with Crippen LogP contribution in [0, 0.1) is 0 Å². The predicted molar refractivity (Wildman–Crippen MR) is 122 cm³/mol. The van der Waals surface area contributed by atoms with Gasteiger partial charge in [-0.05, 0) is 22.8 Å². The molecule has 5 rings (SSSR count). The highest BCUT2D eigenvalue weighted by molar-refractivity contribution is 6.15. The summed E-state index contributed by atoms with van der Waals surface area (Å²) in [6, 6.07) is 32.7. The second kappa shape index (κ2) is 8.13. The van der Waals surface area contributed by atoms with Crippen molar-refractivity contribution in [1.82, 2.24) is 10.3 Å². The van der Waals surface area contributed by atoms with Gasteiger partial charge in [-0.3, -0.25) is 4.98 Å². The zero-order valence-electron chi connectivity index (χ0n) is 16.3. The normalized spacial score (nSPS) is 15.7. The molecule has 2 heterocycles. The standard InChI is InChI=1S/C26H20N4/c1-3-8-20(9-4-1)24-28-25(21-10-5-2-6-11-21)30-26(29-24)22-15-13-19(14-16-22)23-12-7-17-27-18-23/h1-18,24H,(H,28,29,30). The van der Waals surface area contributed by atoms with E-state index in [1.54, 1.807) is 6.20 Å². The van der Waals surface area contributed by atoms with Gasteiger partial charge in [0, 0.05) is 23.5 Å². The number of aliphatic imine (C=N–C) groups is 2. The van der Waals surface area contributed by atoms with Crippen molar-refractivity contribution < 1.29 is 0 Å². The molecule has 4 aromatic rings. The first-order valence-electron chi connectivity index (χ1n) is 9.91. The molecular formula is C26H20N4. The van der Waals surface area contributed by atoms with Crippen molar-refractivity contribution in [2.24, 2.45) is 9.98 Å². The molecule has 30 heavy (non-hydrogen) atoms. The molecule has 1 aromatic heterocycles. The maximum Gasteiger partial charge on any atom is 0.169 e. The molecule has 0 radical (unpaired) electrons. The van der Waals surface area contributed by atoms with Gasteiger partial charge in [0.05, 0.1) is 0 Å². The van der Waals surface area contributed by atoms with Crippen LogP contribution in [0.25, 0.3) is 11.1 Å². The van der Waals surface area contributed by atoms with E-state index >= 15 is 0 Å². The van der Waals surface area contributed by atoms with E-state index in [2.05, 4.69) is 64.9 Å². The van der Waals surface area contributed by atoms with Gasteiger partial charge in [0.1, 0.15) is 11.7 Å². The molecule has 0 fully saturated rings. The van der Waals surface area contributed by atoms with E-state index < -0.39 is 0 Å². The fraction of sp³-hybridized carbons (Fsp3) is 0.0385. The van der Waals surface area contributed by atoms with Crippen molar-refractivity contribution >= 4 is 11.7 Å². The van der Waals surface area contributed by atoms with E-state index in [-0.39, 0.29) is 6.17 Å². The quantitative estimate of drug-likeness (QED) is 0.519. The minimum atomic E-state index is -0.282. The van der Waals surface area contributed by atoms with Crippen LogP contribution in [0.5, 0.6) is 0 Å². The molecule has 0 saturated heterocycles. The summed E-state index contributed by atoms with van der Waals surface area (Å²) in [6.45, 7) is 0. The third-order valence-corrected chi connectivity index (χ3v) is 5.04. The van der Waals surface area contributed by atoms with Crippen LogP contribution in [-0.4, -0.2) is 16.7 Å². The van der Waals surface area contributed by atoms with E-state index in [1.807, 2.05) is 48.7 Å². The average Bonchev–Trinajstić information content (AvgIpc) is 2.85. The predicted octanol–water partition coefficient (Wildman–Crippen LogP) is 5.24. The maximum absolute atomic E-state index is 4.91.